The van der Waals surface area contributed by atoms with Crippen LogP contribution in [0.4, 0.5) is 4.79 Å². The van der Waals surface area contributed by atoms with Gasteiger partial charge >= 0.3 is 6.03 Å². The summed E-state index contributed by atoms with van der Waals surface area (Å²) in [5.74, 6) is 0.304. The summed E-state index contributed by atoms with van der Waals surface area (Å²) in [4.78, 5) is 37.7. The first-order chi connectivity index (χ1) is 12.5. The molecule has 0 unspecified atom stereocenters. The molecule has 1 saturated heterocycles. The van der Waals surface area contributed by atoms with Gasteiger partial charge in [0.2, 0.25) is 5.91 Å². The van der Waals surface area contributed by atoms with Crippen LogP contribution in [0.15, 0.2) is 30.3 Å². The molecule has 1 heterocycles. The highest BCUT2D eigenvalue weighted by atomic mass is 32.2. The third-order valence-electron chi connectivity index (χ3n) is 4.21. The monoisotopic (exact) mass is 379 g/mol. The number of aliphatic hydroxyl groups excluding tert-OH is 1. The van der Waals surface area contributed by atoms with E-state index in [1.807, 2.05) is 36.6 Å². The number of nitrogens with zero attached hydrogens (tertiary/aromatic N) is 1. The van der Waals surface area contributed by atoms with E-state index in [-0.39, 0.29) is 43.8 Å². The quantitative estimate of drug-likeness (QED) is 0.529. The highest BCUT2D eigenvalue weighted by Crippen LogP contribution is 2.15. The summed E-state index contributed by atoms with van der Waals surface area (Å²) in [6.45, 7) is 0.103. The van der Waals surface area contributed by atoms with Crippen LogP contribution in [0, 0.1) is 0 Å². The van der Waals surface area contributed by atoms with Gasteiger partial charge in [-0.25, -0.2) is 4.79 Å². The standard InChI is InChI=1S/C18H25N3O4S/c1-26-10-9-14(12-22)19-16(23)8-7-15-17(24)21(18(25)20-15)11-13-5-3-2-4-6-13/h2-6,14-15,22H,7-12H2,1H3,(H,19,23)(H,20,25)/t14-,15-/m0/s1. The zero-order valence-electron chi connectivity index (χ0n) is 14.8. The van der Waals surface area contributed by atoms with Gasteiger partial charge in [0.25, 0.3) is 5.91 Å². The van der Waals surface area contributed by atoms with E-state index in [0.29, 0.717) is 6.42 Å². The molecule has 1 fully saturated rings. The zero-order valence-corrected chi connectivity index (χ0v) is 15.6. The highest BCUT2D eigenvalue weighted by molar-refractivity contribution is 7.98. The Balaban J connectivity index is 1.82. The average Bonchev–Trinajstić information content (AvgIpc) is 2.91. The number of rotatable bonds is 10. The molecule has 1 aliphatic rings. The topological polar surface area (TPSA) is 98.7 Å². The van der Waals surface area contributed by atoms with E-state index in [4.69, 9.17) is 0 Å². The SMILES string of the molecule is CSCC[C@@H](CO)NC(=O)CC[C@@H]1NC(=O)N(Cc2ccccc2)C1=O. The van der Waals surface area contributed by atoms with Gasteiger partial charge in [0.1, 0.15) is 6.04 Å². The minimum Gasteiger partial charge on any atom is -0.394 e. The lowest BCUT2D eigenvalue weighted by molar-refractivity contribution is -0.128. The van der Waals surface area contributed by atoms with Crippen molar-refractivity contribution in [1.82, 2.24) is 15.5 Å². The van der Waals surface area contributed by atoms with Crippen LogP contribution in [0.5, 0.6) is 0 Å². The molecule has 3 N–H and O–H groups in total. The maximum absolute atomic E-state index is 12.4. The number of hydrogen-bond donors (Lipinski definition) is 3. The highest BCUT2D eigenvalue weighted by Gasteiger charge is 2.37. The maximum Gasteiger partial charge on any atom is 0.325 e. The van der Waals surface area contributed by atoms with Gasteiger partial charge in [-0.05, 0) is 30.4 Å². The van der Waals surface area contributed by atoms with Crippen LogP contribution in [0.3, 0.4) is 0 Å². The largest absolute Gasteiger partial charge is 0.394 e. The van der Waals surface area contributed by atoms with Crippen molar-refractivity contribution in [3.63, 3.8) is 0 Å². The van der Waals surface area contributed by atoms with E-state index in [2.05, 4.69) is 10.6 Å². The number of imide groups is 1. The molecule has 0 saturated carbocycles. The lowest BCUT2D eigenvalue weighted by Crippen LogP contribution is -2.39. The normalized spacial score (nSPS) is 17.9. The summed E-state index contributed by atoms with van der Waals surface area (Å²) < 4.78 is 0. The fourth-order valence-electron chi connectivity index (χ4n) is 2.73. The van der Waals surface area contributed by atoms with Gasteiger partial charge in [-0.15, -0.1) is 0 Å². The molecule has 1 aromatic rings. The number of benzene rings is 1. The minimum absolute atomic E-state index is 0.115. The van der Waals surface area contributed by atoms with Crippen molar-refractivity contribution in [3.05, 3.63) is 35.9 Å². The first kappa shape index (κ1) is 20.3. The second-order valence-corrected chi connectivity index (χ2v) is 7.16. The number of amides is 4. The summed E-state index contributed by atoms with van der Waals surface area (Å²) in [5, 5.41) is 14.7. The third-order valence-corrected chi connectivity index (χ3v) is 4.85. The molecule has 1 aromatic carbocycles. The Kier molecular flexibility index (Phi) is 7.93. The minimum atomic E-state index is -0.685. The van der Waals surface area contributed by atoms with E-state index >= 15 is 0 Å². The number of urea groups is 1. The molecule has 0 spiro atoms. The van der Waals surface area contributed by atoms with Crippen LogP contribution in [-0.2, 0) is 16.1 Å². The Bertz CT molecular complexity index is 626. The fourth-order valence-corrected chi connectivity index (χ4v) is 3.25. The lowest BCUT2D eigenvalue weighted by Gasteiger charge is -2.16. The molecule has 0 aliphatic carbocycles. The van der Waals surface area contributed by atoms with E-state index in [9.17, 15) is 19.5 Å². The number of hydrogen-bond acceptors (Lipinski definition) is 5. The van der Waals surface area contributed by atoms with Crippen molar-refractivity contribution >= 4 is 29.6 Å². The molecule has 0 bridgehead atoms. The molecule has 8 heteroatoms. The Morgan fingerprint density at radius 3 is 2.73 bits per heavy atom. The molecule has 2 atom stereocenters. The molecule has 0 radical (unpaired) electrons. The summed E-state index contributed by atoms with van der Waals surface area (Å²) in [6.07, 6.45) is 3.01. The number of thioether (sulfide) groups is 1. The summed E-state index contributed by atoms with van der Waals surface area (Å²) in [7, 11) is 0. The fraction of sp³-hybridized carbons (Fsp3) is 0.500. The second-order valence-electron chi connectivity index (χ2n) is 6.18. The van der Waals surface area contributed by atoms with Crippen molar-refractivity contribution in [1.29, 1.82) is 0 Å². The first-order valence-corrected chi connectivity index (χ1v) is 9.99. The lowest BCUT2D eigenvalue weighted by atomic mass is 10.1. The average molecular weight is 379 g/mol. The molecule has 1 aliphatic heterocycles. The Hall–Kier alpha value is -2.06. The van der Waals surface area contributed by atoms with Crippen molar-refractivity contribution in [2.45, 2.75) is 37.9 Å². The van der Waals surface area contributed by atoms with Crippen LogP contribution in [0.2, 0.25) is 0 Å². The van der Waals surface area contributed by atoms with Crippen LogP contribution >= 0.6 is 11.8 Å². The molecule has 4 amide bonds. The number of aliphatic hydroxyl groups is 1. The van der Waals surface area contributed by atoms with E-state index in [0.717, 1.165) is 11.3 Å². The van der Waals surface area contributed by atoms with Crippen molar-refractivity contribution in [3.8, 4) is 0 Å². The molecular formula is C18H25N3O4S. The second kappa shape index (κ2) is 10.2. The third kappa shape index (κ3) is 5.74. The molecular weight excluding hydrogens is 354 g/mol. The van der Waals surface area contributed by atoms with Gasteiger partial charge in [0.15, 0.2) is 0 Å². The van der Waals surface area contributed by atoms with Gasteiger partial charge < -0.3 is 15.7 Å². The molecule has 26 heavy (non-hydrogen) atoms. The molecule has 0 aromatic heterocycles. The Morgan fingerprint density at radius 1 is 1.35 bits per heavy atom. The number of carbonyl (C=O) groups is 3. The molecule has 7 nitrogen and oxygen atoms in total. The van der Waals surface area contributed by atoms with Crippen LogP contribution in [0.25, 0.3) is 0 Å². The van der Waals surface area contributed by atoms with Gasteiger partial charge in [0.05, 0.1) is 19.2 Å². The Labute approximate surface area is 157 Å². The summed E-state index contributed by atoms with van der Waals surface area (Å²) >= 11 is 1.65. The van der Waals surface area contributed by atoms with Crippen molar-refractivity contribution in [2.24, 2.45) is 0 Å². The molecule has 2 rings (SSSR count). The summed E-state index contributed by atoms with van der Waals surface area (Å²) in [5.41, 5.74) is 0.869. The van der Waals surface area contributed by atoms with Crippen molar-refractivity contribution < 1.29 is 19.5 Å². The molecule has 142 valence electrons. The first-order valence-electron chi connectivity index (χ1n) is 8.60. The predicted octanol–water partition coefficient (Wildman–Crippen LogP) is 1.12. The summed E-state index contributed by atoms with van der Waals surface area (Å²) in [6, 6.07) is 7.88. The van der Waals surface area contributed by atoms with Gasteiger partial charge in [-0.3, -0.25) is 14.5 Å². The number of carbonyl (C=O) groups excluding carboxylic acids is 3. The zero-order chi connectivity index (χ0) is 18.9. The van der Waals surface area contributed by atoms with E-state index in [1.54, 1.807) is 11.8 Å². The van der Waals surface area contributed by atoms with Crippen LogP contribution < -0.4 is 10.6 Å². The van der Waals surface area contributed by atoms with Gasteiger partial charge in [-0.1, -0.05) is 30.3 Å². The van der Waals surface area contributed by atoms with Crippen LogP contribution in [-0.4, -0.2) is 58.6 Å². The number of nitrogens with one attached hydrogen (secondary N) is 2. The van der Waals surface area contributed by atoms with Crippen LogP contribution in [0.1, 0.15) is 24.8 Å². The maximum atomic E-state index is 12.4. The van der Waals surface area contributed by atoms with Crippen molar-refractivity contribution in [2.75, 3.05) is 18.6 Å². The van der Waals surface area contributed by atoms with Gasteiger partial charge in [0, 0.05) is 6.42 Å². The predicted molar refractivity (Wildman–Crippen MR) is 101 cm³/mol. The van der Waals surface area contributed by atoms with Gasteiger partial charge in [-0.2, -0.15) is 11.8 Å². The van der Waals surface area contributed by atoms with E-state index < -0.39 is 12.1 Å². The van der Waals surface area contributed by atoms with E-state index in [1.165, 1.54) is 4.90 Å². The smallest absolute Gasteiger partial charge is 0.325 e. The Morgan fingerprint density at radius 2 is 2.08 bits per heavy atom.